The zero-order valence-corrected chi connectivity index (χ0v) is 93.4. The Morgan fingerprint density at radius 3 is 1.39 bits per heavy atom. The van der Waals surface area contributed by atoms with Crippen LogP contribution in [0.1, 0.15) is 223 Å². The van der Waals surface area contributed by atoms with Crippen molar-refractivity contribution in [2.24, 2.45) is 16.2 Å². The fraction of sp³-hybridized carbons (Fsp3) is 0.452. The van der Waals surface area contributed by atoms with Crippen LogP contribution in [0.5, 0.6) is 0 Å². The third-order valence-corrected chi connectivity index (χ3v) is 19.6. The van der Waals surface area contributed by atoms with Crippen LogP contribution < -0.4 is 28.1 Å². The van der Waals surface area contributed by atoms with Gasteiger partial charge in [-0.2, -0.15) is 0 Å². The highest BCUT2D eigenvalue weighted by Crippen LogP contribution is 2.68. The summed E-state index contributed by atoms with van der Waals surface area (Å²) in [7, 11) is 2.97. The van der Waals surface area contributed by atoms with E-state index in [4.69, 9.17) is 50.1 Å². The van der Waals surface area contributed by atoms with Crippen molar-refractivity contribution in [3.63, 3.8) is 0 Å². The maximum absolute atomic E-state index is 11.4. The quantitative estimate of drug-likeness (QED) is 0.0175. The number of imidazole rings is 2. The number of carbonyl (C=O) groups excluding carboxylic acids is 6. The lowest BCUT2D eigenvalue weighted by molar-refractivity contribution is -0.121. The number of aromatic nitrogens is 10. The minimum absolute atomic E-state index is 0. The fourth-order valence-corrected chi connectivity index (χ4v) is 11.8. The number of nitrogen functional groups attached to an aromatic ring is 1. The molecule has 0 radical (unpaired) electrons. The summed E-state index contributed by atoms with van der Waals surface area (Å²) in [6.45, 7) is 55.0. The van der Waals surface area contributed by atoms with E-state index < -0.39 is 8.66 Å². The summed E-state index contributed by atoms with van der Waals surface area (Å²) in [4.78, 5) is 122. The standard InChI is InChI=1S/C16H20N2OS.C13H17N3S.C10H16O3.C9H14BrN.C9H13NO.C9H12O2.C7H6N4O.C7H9NOS.C5H9ClO.C5H8O2.C2H6O.CH2Cl2.Br3OP.H3N.H2O/c1-10(19)8-14-18-11(2)15(20-14)12-6-7-17-13(9-12)16(3,4)5;1-8-11(17-12(14)16-8)9-5-6-15-10(7-9)13(2,3)4;1-10(2,3)9(12)7-8(11)5-6-13-4;1-9(2,3)8-6-7(10)4-5-11-8;1-9(2,3)8-6-7(11)4-5-10-8;1-9(2,3)8-6-7(10)4-5-11-8;12-7(10-3-1-8-5-10)11-4-2-9-6-11;1-5-4-10-7(8-5)3-6(2)9;1-5(2,3)4(6)7;1-5(6)3-4-7-2;1-2-3;2-1-3;1-5(2,3)4;;/h6-7,9H,8H2,1-5H3;5-7H,1-4H3,(H2,14,16);5-7,11H,1-4H3;4-7,11H,1-3H3;4-6H,1-3H3,(H,10,11);4-6H,1-3H3;1-6H;4H,3H2,1-2H3;1-3H3;3-4H,1-2H3;3H,2H2,1H3;1H2;;1H3;1H2/b;;6-5+,8-7?;;;;;;;4-3+;;;;;. The number of rotatable bonds is 11. The molecule has 132 heavy (non-hydrogen) atoms. The van der Waals surface area contributed by atoms with Gasteiger partial charge in [-0.1, -0.05) is 179 Å². The van der Waals surface area contributed by atoms with Gasteiger partial charge in [0.05, 0.1) is 77.2 Å². The first-order valence-corrected chi connectivity index (χ1v) is 52.8. The van der Waals surface area contributed by atoms with E-state index in [0.717, 1.165) is 70.8 Å². The minimum Gasteiger partial charge on any atom is -0.508 e. The van der Waals surface area contributed by atoms with E-state index in [-0.39, 0.29) is 107 Å². The molecule has 0 aromatic carbocycles. The lowest BCUT2D eigenvalue weighted by atomic mass is 9.90. The number of aromatic amines is 1. The molecule has 0 spiro atoms. The second-order valence-electron chi connectivity index (χ2n) is 35.0. The van der Waals surface area contributed by atoms with E-state index in [2.05, 4.69) is 224 Å². The lowest BCUT2D eigenvalue weighted by Gasteiger charge is -2.25. The molecule has 0 saturated carbocycles. The molecule has 1 aliphatic rings. The second-order valence-corrected chi connectivity index (χ2v) is 58.6. The lowest BCUT2D eigenvalue weighted by Crippen LogP contribution is -2.23. The van der Waals surface area contributed by atoms with Crippen LogP contribution in [0, 0.1) is 37.0 Å². The molecule has 0 amide bonds. The van der Waals surface area contributed by atoms with Gasteiger partial charge in [-0.05, 0) is 108 Å². The molecule has 0 bridgehead atoms. The van der Waals surface area contributed by atoms with Crippen LogP contribution in [0.15, 0.2) is 191 Å². The van der Waals surface area contributed by atoms with Gasteiger partial charge in [0.1, 0.15) is 45.8 Å². The molecule has 736 valence electrons. The SMILES string of the molecule is CC(=O)Cc1nc(C)c(-c2ccnc(C(C)(C)C)c2)s1.CC(=O)Cc1nc(C)cs1.CC(C)(C)C(=O)Cl.CC(C)(C)C1=CC(Br)C=CN1.CC(C)(C)c1cc(=O)cc[nH]1.CC(C)(C)c1cc(=O)cco1.CCO.CO/C=C/C(C)=O.CO/C=C/C(O)=CC(=O)C(C)(C)C.Cc1nc(N)sc1-c1ccnc(C(C)(C)C)c1.ClCCl.N.O.O=C(n1ccnc1)n1ccnc1.O=P(Br)(Br)Br. The van der Waals surface area contributed by atoms with Gasteiger partial charge >= 0.3 is 6.03 Å². The first-order chi connectivity index (χ1) is 59.6. The first kappa shape index (κ1) is 133. The van der Waals surface area contributed by atoms with Crippen LogP contribution in [0.3, 0.4) is 0 Å². The Morgan fingerprint density at radius 1 is 0.644 bits per heavy atom. The number of halogens is 7. The summed E-state index contributed by atoms with van der Waals surface area (Å²) in [5, 5.41) is 24.3. The van der Waals surface area contributed by atoms with E-state index in [1.165, 1.54) is 115 Å². The second kappa shape index (κ2) is 65.8. The topological polar surface area (TPSA) is 446 Å². The number of ether oxygens (including phenoxy) is 2. The smallest absolute Gasteiger partial charge is 0.338 e. The van der Waals surface area contributed by atoms with Crippen molar-refractivity contribution in [1.82, 2.24) is 60.5 Å². The number of aliphatic hydroxyl groups is 2. The van der Waals surface area contributed by atoms with Crippen LogP contribution in [0.4, 0.5) is 9.93 Å². The third-order valence-electron chi connectivity index (χ3n) is 15.2. The molecule has 39 heteroatoms. The number of hydrogen-bond donors (Lipinski definition) is 6. The van der Waals surface area contributed by atoms with E-state index in [9.17, 15) is 48.0 Å². The van der Waals surface area contributed by atoms with Crippen molar-refractivity contribution >= 4 is 174 Å². The van der Waals surface area contributed by atoms with Crippen molar-refractivity contribution in [2.75, 3.05) is 31.9 Å². The summed E-state index contributed by atoms with van der Waals surface area (Å²) in [5.74, 6) is 0.837. The van der Waals surface area contributed by atoms with E-state index >= 15 is 0 Å². The molecular formula is C93H137Br4Cl3N13O15PS3. The Hall–Kier alpha value is -7.87. The van der Waals surface area contributed by atoms with Crippen molar-refractivity contribution in [3.8, 4) is 20.9 Å². The number of H-pyrrole nitrogens is 1. The molecular weight excluding hydrogens is 2090 g/mol. The summed E-state index contributed by atoms with van der Waals surface area (Å²) < 4.78 is 24.7. The molecule has 28 nitrogen and oxygen atoms in total. The minimum atomic E-state index is -2.20. The highest BCUT2D eigenvalue weighted by Gasteiger charge is 2.24. The zero-order chi connectivity index (χ0) is 101. The number of dihydropyridines is 1. The Labute approximate surface area is 839 Å². The number of allylic oxidation sites excluding steroid dienone is 6. The maximum Gasteiger partial charge on any atom is 0.338 e. The van der Waals surface area contributed by atoms with Gasteiger partial charge in [0.25, 0.3) is 3.25 Å². The predicted molar refractivity (Wildman–Crippen MR) is 561 cm³/mol. The van der Waals surface area contributed by atoms with Crippen LogP contribution in [0.25, 0.3) is 20.9 Å². The molecule has 1 atom stereocenters. The van der Waals surface area contributed by atoms with Crippen molar-refractivity contribution in [2.45, 2.75) is 233 Å². The maximum atomic E-state index is 11.4. The molecule has 0 saturated heterocycles. The molecule has 0 aliphatic carbocycles. The number of ketones is 4. The number of nitrogens with one attached hydrogen (secondary N) is 2. The Morgan fingerprint density at radius 2 is 1.08 bits per heavy atom. The van der Waals surface area contributed by atoms with Crippen molar-refractivity contribution < 1.29 is 62.9 Å². The van der Waals surface area contributed by atoms with Gasteiger partial charge in [0, 0.05) is 211 Å². The number of anilines is 1. The summed E-state index contributed by atoms with van der Waals surface area (Å²) >= 11 is 31.1. The normalized spacial score (nSPS) is 12.0. The predicted octanol–water partition coefficient (Wildman–Crippen LogP) is 24.7. The number of nitrogens with two attached hydrogens (primary N) is 1. The number of carbonyl (C=O) groups is 6. The number of methoxy groups -OCH3 is 2. The monoisotopic (exact) mass is 2220 g/mol. The Kier molecular flexibility index (Phi) is 66.1. The van der Waals surface area contributed by atoms with E-state index in [1.807, 2.05) is 77.6 Å². The molecule has 9 aromatic rings. The summed E-state index contributed by atoms with van der Waals surface area (Å²) in [5.41, 5.74) is 14.9. The number of pyridine rings is 3. The molecule has 10 heterocycles. The Bertz CT molecular complexity index is 5100. The summed E-state index contributed by atoms with van der Waals surface area (Å²) in [6.07, 6.45) is 29.7. The largest absolute Gasteiger partial charge is 0.508 e. The third kappa shape index (κ3) is 64.2. The molecule has 0 fully saturated rings. The van der Waals surface area contributed by atoms with Crippen LogP contribution >= 0.6 is 134 Å². The average Bonchev–Trinajstić information content (AvgIpc) is 1.66. The van der Waals surface area contributed by atoms with Crippen LogP contribution in [0.2, 0.25) is 0 Å². The number of alkyl halides is 3. The fourth-order valence-electron chi connectivity index (χ4n) is 8.55. The first-order valence-electron chi connectivity index (χ1n) is 40.2. The van der Waals surface area contributed by atoms with E-state index in [0.29, 0.717) is 22.8 Å². The van der Waals surface area contributed by atoms with Gasteiger partial charge < -0.3 is 51.8 Å². The van der Waals surface area contributed by atoms with Crippen molar-refractivity contribution in [1.29, 1.82) is 0 Å². The number of Topliss-reactive ketones (excluding diaryl/α,β-unsaturated/α-hetero) is 2. The summed E-state index contributed by atoms with van der Waals surface area (Å²) in [6, 6.07) is 14.2. The number of nitrogens with zero attached hydrogens (tertiary/aromatic N) is 9. The van der Waals surface area contributed by atoms with Gasteiger partial charge in [-0.3, -0.25) is 57.2 Å². The van der Waals surface area contributed by atoms with Crippen LogP contribution in [-0.2, 0) is 72.5 Å². The molecule has 11 N–H and O–H groups in total. The van der Waals surface area contributed by atoms with Gasteiger partial charge in [0.2, 0.25) is 5.24 Å². The van der Waals surface area contributed by atoms with E-state index in [1.54, 1.807) is 122 Å². The van der Waals surface area contributed by atoms with Crippen molar-refractivity contribution in [3.05, 3.63) is 247 Å². The van der Waals surface area contributed by atoms with Crippen LogP contribution in [-0.4, -0.2) is 130 Å². The molecule has 1 aliphatic heterocycles. The molecule has 9 aromatic heterocycles. The Balaban J connectivity index is -0.000000451. The van der Waals surface area contributed by atoms with Gasteiger partial charge in [-0.25, -0.2) is 29.7 Å². The number of aryl methyl sites for hydroxylation is 3. The highest BCUT2D eigenvalue weighted by atomic mass is 80.0. The zero-order valence-electron chi connectivity index (χ0n) is 81.4. The number of aliphatic hydroxyl groups excluding tert-OH is 2. The van der Waals surface area contributed by atoms with Gasteiger partial charge in [0.15, 0.2) is 27.6 Å². The number of hydrogen-bond acceptors (Lipinski definition) is 27. The number of thiazole rings is 3. The molecule has 10 rings (SSSR count). The van der Waals surface area contributed by atoms with Gasteiger partial charge in [-0.15, -0.1) is 45.9 Å². The average molecular weight is 2230 g/mol. The highest BCUT2D eigenvalue weighted by molar-refractivity contribution is 9.94. The molecule has 1 unspecified atom stereocenters.